The number of hydrogen-bond donors (Lipinski definition) is 1. The van der Waals surface area contributed by atoms with Gasteiger partial charge < -0.3 is 5.32 Å². The Bertz CT molecular complexity index is 257. The van der Waals surface area contributed by atoms with Crippen molar-refractivity contribution in [3.63, 3.8) is 0 Å². The summed E-state index contributed by atoms with van der Waals surface area (Å²) in [5, 5.41) is 3.58. The summed E-state index contributed by atoms with van der Waals surface area (Å²) in [6, 6.07) is 3.19. The second kappa shape index (κ2) is 3.85. The van der Waals surface area contributed by atoms with Crippen LogP contribution in [-0.4, -0.2) is 10.5 Å². The van der Waals surface area contributed by atoms with E-state index in [0.717, 1.165) is 0 Å². The molecule has 0 amide bonds. The summed E-state index contributed by atoms with van der Waals surface area (Å²) in [6.45, 7) is 0. The average Bonchev–Trinajstić information content (AvgIpc) is 1.85. The van der Waals surface area contributed by atoms with E-state index < -0.39 is 0 Å². The van der Waals surface area contributed by atoms with E-state index in [-0.39, 0.29) is 0 Å². The fraction of sp³-hybridized carbons (Fsp3) is 0. The minimum Gasteiger partial charge on any atom is -0.337 e. The minimum absolute atomic E-state index is 0.344. The van der Waals surface area contributed by atoms with E-state index in [9.17, 15) is 0 Å². The van der Waals surface area contributed by atoms with Crippen LogP contribution in [-0.2, 0) is 0 Å². The molecule has 2 nitrogen and oxygen atoms in total. The van der Waals surface area contributed by atoms with Crippen molar-refractivity contribution in [3.05, 3.63) is 22.3 Å². The summed E-state index contributed by atoms with van der Waals surface area (Å²) < 4.78 is 0. The highest BCUT2D eigenvalue weighted by Crippen LogP contribution is 2.17. The lowest BCUT2D eigenvalue weighted by Crippen LogP contribution is -1.94. The third-order valence-electron chi connectivity index (χ3n) is 0.966. The summed E-state index contributed by atoms with van der Waals surface area (Å²) >= 11 is 15.8. The molecule has 0 fully saturated rings. The van der Waals surface area contributed by atoms with Crippen LogP contribution < -0.4 is 5.32 Å². The summed E-state index contributed by atoms with van der Waals surface area (Å²) in [5.74, 6) is 0.553. The molecule has 58 valence electrons. The Morgan fingerprint density at radius 3 is 2.73 bits per heavy atom. The highest BCUT2D eigenvalue weighted by atomic mass is 35.5. The largest absolute Gasteiger partial charge is 0.337 e. The Labute approximate surface area is 79.5 Å². The second-order valence-corrected chi connectivity index (χ2v) is 2.81. The minimum atomic E-state index is 0.344. The Hall–Kier alpha value is -0.380. The Morgan fingerprint density at radius 2 is 2.18 bits per heavy atom. The van der Waals surface area contributed by atoms with Gasteiger partial charge in [0.2, 0.25) is 0 Å². The van der Waals surface area contributed by atoms with Gasteiger partial charge in [0, 0.05) is 5.02 Å². The van der Waals surface area contributed by atoms with Crippen LogP contribution in [0.25, 0.3) is 0 Å². The maximum atomic E-state index is 5.67. The molecule has 11 heavy (non-hydrogen) atoms. The van der Waals surface area contributed by atoms with E-state index in [0.29, 0.717) is 16.0 Å². The maximum absolute atomic E-state index is 5.67. The summed E-state index contributed by atoms with van der Waals surface area (Å²) in [7, 11) is 0. The zero-order valence-electron chi connectivity index (χ0n) is 5.34. The first kappa shape index (κ1) is 8.71. The number of anilines is 1. The number of rotatable bonds is 2. The van der Waals surface area contributed by atoms with Gasteiger partial charge in [-0.15, -0.1) is 0 Å². The molecular weight excluding hydrogens is 203 g/mol. The summed E-state index contributed by atoms with van der Waals surface area (Å²) in [5.41, 5.74) is 1.34. The topological polar surface area (TPSA) is 24.9 Å². The van der Waals surface area contributed by atoms with E-state index in [2.05, 4.69) is 22.5 Å². The Balaban J connectivity index is 2.98. The van der Waals surface area contributed by atoms with Gasteiger partial charge >= 0.3 is 0 Å². The van der Waals surface area contributed by atoms with Gasteiger partial charge in [0.1, 0.15) is 11.0 Å². The molecule has 0 atom stereocenters. The van der Waals surface area contributed by atoms with E-state index in [4.69, 9.17) is 23.2 Å². The number of nitrogens with one attached hydrogen (secondary N) is 1. The van der Waals surface area contributed by atoms with Crippen LogP contribution in [0.5, 0.6) is 0 Å². The lowest BCUT2D eigenvalue weighted by molar-refractivity contribution is 1.33. The molecule has 0 spiro atoms. The smallest absolute Gasteiger partial charge is 0.133 e. The highest BCUT2D eigenvalue weighted by molar-refractivity contribution is 7.79. The van der Waals surface area contributed by atoms with Crippen LogP contribution in [0.4, 0.5) is 5.82 Å². The number of hydrogen-bond acceptors (Lipinski definition) is 2. The van der Waals surface area contributed by atoms with Crippen LogP contribution in [0.15, 0.2) is 12.1 Å². The lowest BCUT2D eigenvalue weighted by Gasteiger charge is -1.98. The molecule has 1 heterocycles. The summed E-state index contributed by atoms with van der Waals surface area (Å²) in [4.78, 5) is 3.90. The molecular formula is C6H4Cl2N2S. The standard InChI is InChI=1S/C6H4Cl2N2S/c7-4-1-5(8)10-6(2-4)9-3-11/h1-3H,(H,9,10,11). The van der Waals surface area contributed by atoms with Crippen molar-refractivity contribution in [1.29, 1.82) is 0 Å². The van der Waals surface area contributed by atoms with Gasteiger partial charge in [-0.2, -0.15) is 0 Å². The number of nitrogens with zero attached hydrogens (tertiary/aromatic N) is 1. The van der Waals surface area contributed by atoms with Gasteiger partial charge in [-0.25, -0.2) is 4.98 Å². The summed E-state index contributed by atoms with van der Waals surface area (Å²) in [6.07, 6.45) is 0. The average molecular weight is 207 g/mol. The zero-order valence-corrected chi connectivity index (χ0v) is 7.67. The molecule has 0 radical (unpaired) electrons. The van der Waals surface area contributed by atoms with Crippen molar-refractivity contribution in [2.45, 2.75) is 0 Å². The van der Waals surface area contributed by atoms with E-state index in [1.807, 2.05) is 0 Å². The van der Waals surface area contributed by atoms with Crippen molar-refractivity contribution in [1.82, 2.24) is 4.98 Å². The maximum Gasteiger partial charge on any atom is 0.133 e. The fourth-order valence-corrected chi connectivity index (χ4v) is 1.19. The Kier molecular flexibility index (Phi) is 3.05. The predicted molar refractivity (Wildman–Crippen MR) is 51.5 cm³/mol. The predicted octanol–water partition coefficient (Wildman–Crippen LogP) is 2.76. The number of pyridine rings is 1. The van der Waals surface area contributed by atoms with Gasteiger partial charge in [0.15, 0.2) is 0 Å². The molecule has 1 aromatic rings. The normalized spacial score (nSPS) is 9.27. The second-order valence-electron chi connectivity index (χ2n) is 1.76. The van der Waals surface area contributed by atoms with Gasteiger partial charge in [-0.05, 0) is 12.1 Å². The molecule has 1 N–H and O–H groups in total. The molecule has 0 saturated carbocycles. The van der Waals surface area contributed by atoms with Gasteiger partial charge in [0.25, 0.3) is 0 Å². The first-order valence-corrected chi connectivity index (χ1v) is 3.98. The van der Waals surface area contributed by atoms with Crippen molar-refractivity contribution in [3.8, 4) is 0 Å². The van der Waals surface area contributed by atoms with Crippen molar-refractivity contribution < 1.29 is 0 Å². The van der Waals surface area contributed by atoms with E-state index >= 15 is 0 Å². The fourth-order valence-electron chi connectivity index (χ4n) is 0.600. The third-order valence-corrected chi connectivity index (χ3v) is 1.50. The highest BCUT2D eigenvalue weighted by Gasteiger charge is 1.96. The molecule has 0 saturated heterocycles. The molecule has 1 aromatic heterocycles. The zero-order chi connectivity index (χ0) is 8.27. The molecule has 0 aliphatic carbocycles. The molecule has 0 unspecified atom stereocenters. The monoisotopic (exact) mass is 206 g/mol. The SMILES string of the molecule is S=CNc1cc(Cl)cc(Cl)n1. The van der Waals surface area contributed by atoms with Crippen LogP contribution >= 0.6 is 35.4 Å². The van der Waals surface area contributed by atoms with Crippen LogP contribution in [0.3, 0.4) is 0 Å². The van der Waals surface area contributed by atoms with Gasteiger partial charge in [-0.1, -0.05) is 35.4 Å². The van der Waals surface area contributed by atoms with Crippen molar-refractivity contribution in [2.24, 2.45) is 0 Å². The molecule has 5 heteroatoms. The van der Waals surface area contributed by atoms with Gasteiger partial charge in [-0.3, -0.25) is 0 Å². The quantitative estimate of drug-likeness (QED) is 0.596. The lowest BCUT2D eigenvalue weighted by atomic mass is 10.4. The van der Waals surface area contributed by atoms with Crippen LogP contribution in [0, 0.1) is 0 Å². The van der Waals surface area contributed by atoms with Crippen LogP contribution in [0.1, 0.15) is 0 Å². The third kappa shape index (κ3) is 2.61. The number of halogens is 2. The van der Waals surface area contributed by atoms with E-state index in [1.54, 1.807) is 12.1 Å². The van der Waals surface area contributed by atoms with Gasteiger partial charge in [0.05, 0.1) is 5.49 Å². The molecule has 0 aromatic carbocycles. The first-order valence-electron chi connectivity index (χ1n) is 2.75. The molecule has 0 aliphatic rings. The van der Waals surface area contributed by atoms with Crippen molar-refractivity contribution in [2.75, 3.05) is 5.32 Å². The van der Waals surface area contributed by atoms with Crippen molar-refractivity contribution >= 4 is 46.7 Å². The molecule has 0 bridgehead atoms. The number of aromatic nitrogens is 1. The number of thiocarbonyl (C=S) groups is 1. The molecule has 0 aliphatic heterocycles. The van der Waals surface area contributed by atoms with E-state index in [1.165, 1.54) is 5.49 Å². The Morgan fingerprint density at radius 1 is 1.45 bits per heavy atom. The van der Waals surface area contributed by atoms with Crippen LogP contribution in [0.2, 0.25) is 10.2 Å². The molecule has 1 rings (SSSR count). The first-order chi connectivity index (χ1) is 5.22.